The molecule has 7 aromatic heterocycles. The van der Waals surface area contributed by atoms with Crippen LogP contribution in [0.25, 0.3) is 74.1 Å². The highest BCUT2D eigenvalue weighted by Crippen LogP contribution is 2.37. The maximum atomic E-state index is 13.3. The van der Waals surface area contributed by atoms with E-state index in [-0.39, 0.29) is 103 Å². The number of benzene rings is 9. The van der Waals surface area contributed by atoms with E-state index in [0.29, 0.717) is 11.7 Å². The molecule has 0 aliphatic rings. The number of amides is 8. The van der Waals surface area contributed by atoms with Crippen LogP contribution in [-0.2, 0) is 27.7 Å². The number of halogens is 1. The summed E-state index contributed by atoms with van der Waals surface area (Å²) in [6.07, 6.45) is 0. The number of urea groups is 3. The van der Waals surface area contributed by atoms with E-state index in [1.54, 1.807) is 25.2 Å². The molecule has 9 N–H and O–H groups in total. The lowest BCUT2D eigenvalue weighted by atomic mass is 10.2. The van der Waals surface area contributed by atoms with Crippen molar-refractivity contribution in [3.8, 4) is 28.9 Å². The zero-order chi connectivity index (χ0) is 85.4. The van der Waals surface area contributed by atoms with Gasteiger partial charge in [0.2, 0.25) is 0 Å². The molecular formula is C87H67ClN6O23S3. The van der Waals surface area contributed by atoms with Crippen LogP contribution in [0, 0.1) is 0 Å². The Bertz CT molecular complexity index is 6690. The topological polar surface area (TPSA) is 429 Å². The minimum atomic E-state index is -1.07. The number of ether oxygens (including phenoxy) is 1. The largest absolute Gasteiger partial charge is 0.507 e. The number of hydrogen-bond donors (Lipinski definition) is 8. The fraction of sp³-hybridized carbons (Fsp3) is 0.0920. The van der Waals surface area contributed by atoms with Gasteiger partial charge in [-0.25, -0.2) is 14.4 Å². The second-order valence-corrected chi connectivity index (χ2v) is 29.6. The van der Waals surface area contributed by atoms with Crippen LogP contribution in [0.5, 0.6) is 28.9 Å². The summed E-state index contributed by atoms with van der Waals surface area (Å²) in [5.41, 5.74) is 5.45. The van der Waals surface area contributed by atoms with Crippen molar-refractivity contribution in [2.75, 3.05) is 0 Å². The highest BCUT2D eigenvalue weighted by Gasteiger charge is 2.30. The first-order valence-electron chi connectivity index (χ1n) is 35.9. The number of phenols is 4. The molecule has 8 amide bonds. The lowest BCUT2D eigenvalue weighted by molar-refractivity contribution is -0.151. The average Bonchev–Trinajstić information content (AvgIpc) is 1.25. The fourth-order valence-electron chi connectivity index (χ4n) is 11.9. The second-order valence-electron chi connectivity index (χ2n) is 25.9. The van der Waals surface area contributed by atoms with E-state index in [9.17, 15) is 78.4 Å². The number of imide groups is 2. The van der Waals surface area contributed by atoms with Gasteiger partial charge in [-0.3, -0.25) is 63.9 Å². The van der Waals surface area contributed by atoms with E-state index in [2.05, 4.69) is 28.3 Å². The molecule has 7 heterocycles. The van der Waals surface area contributed by atoms with Crippen molar-refractivity contribution in [1.82, 2.24) is 25.8 Å². The Morgan fingerprint density at radius 1 is 0.425 bits per heavy atom. The molecule has 0 aliphatic carbocycles. The van der Waals surface area contributed by atoms with Gasteiger partial charge < -0.3 is 48.6 Å². The van der Waals surface area contributed by atoms with Crippen LogP contribution in [-0.4, -0.2) is 82.4 Å². The lowest BCUT2D eigenvalue weighted by Gasteiger charge is -2.27. The lowest BCUT2D eigenvalue weighted by Crippen LogP contribution is -2.44. The molecule has 120 heavy (non-hydrogen) atoms. The number of primary amides is 1. The molecule has 0 bridgehead atoms. The maximum Gasteiger partial charge on any atom is 0.348 e. The van der Waals surface area contributed by atoms with Gasteiger partial charge in [-0.1, -0.05) is 140 Å². The molecule has 29 nitrogen and oxygen atoms in total. The number of nitrogens with one attached hydrogen (secondary N) is 2. The minimum absolute atomic E-state index is 0.000373. The number of hydrogen-bond acceptors (Lipinski definition) is 26. The molecule has 0 aliphatic heterocycles. The van der Waals surface area contributed by atoms with Crippen LogP contribution in [0.2, 0.25) is 0 Å². The molecule has 0 saturated heterocycles. The van der Waals surface area contributed by atoms with Crippen molar-refractivity contribution in [3.05, 3.63) is 333 Å². The molecule has 3 atom stereocenters. The van der Waals surface area contributed by atoms with Crippen LogP contribution in [0.3, 0.4) is 0 Å². The second kappa shape index (κ2) is 38.4. The number of nitrogens with two attached hydrogens (primary N) is 1. The number of phenolic OH excluding ortho intramolecular Hbond substituents is 4. The first-order chi connectivity index (χ1) is 57.7. The van der Waals surface area contributed by atoms with E-state index in [1.807, 2.05) is 146 Å². The van der Waals surface area contributed by atoms with Crippen LogP contribution in [0.1, 0.15) is 96.3 Å². The van der Waals surface area contributed by atoms with Gasteiger partial charge in [0.15, 0.2) is 39.0 Å². The first kappa shape index (κ1) is 84.7. The summed E-state index contributed by atoms with van der Waals surface area (Å²) >= 11 is 9.77. The minimum Gasteiger partial charge on any atom is -0.507 e. The van der Waals surface area contributed by atoms with Crippen molar-refractivity contribution in [1.29, 1.82) is 0 Å². The van der Waals surface area contributed by atoms with Crippen molar-refractivity contribution >= 4 is 161 Å². The van der Waals surface area contributed by atoms with Crippen molar-refractivity contribution < 1.29 is 91.3 Å². The van der Waals surface area contributed by atoms with Gasteiger partial charge in [0.05, 0.1) is 24.2 Å². The Balaban J connectivity index is 0.000000143. The summed E-state index contributed by atoms with van der Waals surface area (Å²) in [6, 6.07) is 65.6. The molecule has 0 fully saturated rings. The SMILES string of the molecule is CC(c1cc2ccccc2s1)N(O)C(=O)NC(=O)c1cc(=O)c2c(O)cccc2o1.CC(c1cc2ccccc2s1)N(OCc1ccccc1)C(=O)NC(=O)c1cc(=O)c2c(O)cccc2o1.CC(c1cc2ccccc2s1)N(OCc1ccccc1)C(N)=O.O=C(Cl)c1cc(=O)c2c(O)cccc2o1.O=COc1cc(=O)c2c(O)cccc2o1. The smallest absolute Gasteiger partial charge is 0.348 e. The molecule has 16 rings (SSSR count). The molecule has 16 aromatic rings. The standard InChI is InChI=1S/C28H22N2O6S.C21H16N2O6S.C18H18N2O2S.C10H5ClO4.C10H6O5/c1-17(25-14-19-10-5-6-13-24(19)37-25)30(35-16-18-8-3-2-4-9-18)28(34)29-27(33)23-15-21(32)26-20(31)11-7-12-22(26)36-23;1-11(18-9-12-5-2-3-8-17(12)30-18)23(28)21(27)22-20(26)16-10-14(25)19-13(24)6-4-7-15(19)29-16;1-13(17-11-15-9-5-6-10-16(15)23-17)20(18(19)21)22-12-14-7-3-2-4-8-14;11-10(14)8-4-6(13)9-5(12)2-1-3-7(9)15-8;11-5-14-9-4-7(13)10-6(12)2-1-3-8(10)15-9/h2-15,17,31H,16H2,1H3,(H,29,33,34);2-11,24,28H,1H3,(H,22,26,27);2-11,13H,12H2,1H3,(H2,19,21);1-4,12H;1-5,12H. The molecule has 9 aromatic carbocycles. The Kier molecular flexibility index (Phi) is 27.1. The summed E-state index contributed by atoms with van der Waals surface area (Å²) in [5, 5.41) is 58.1. The van der Waals surface area contributed by atoms with Crippen LogP contribution in [0.4, 0.5) is 14.4 Å². The zero-order valence-electron chi connectivity index (χ0n) is 63.0. The number of carbonyl (C=O) groups excluding carboxylic acids is 7. The maximum absolute atomic E-state index is 13.3. The molecule has 0 saturated carbocycles. The monoisotopic (exact) mass is 1690 g/mol. The first-order valence-corrected chi connectivity index (χ1v) is 38.7. The Hall–Kier alpha value is -14.6. The van der Waals surface area contributed by atoms with E-state index < -0.39 is 74.7 Å². The van der Waals surface area contributed by atoms with E-state index in [0.717, 1.165) is 80.6 Å². The number of nitrogens with zero attached hydrogens (tertiary/aromatic N) is 3. The van der Waals surface area contributed by atoms with Crippen LogP contribution in [0.15, 0.2) is 286 Å². The van der Waals surface area contributed by atoms with Gasteiger partial charge >= 0.3 is 24.6 Å². The number of thiophene rings is 3. The van der Waals surface area contributed by atoms with E-state index in [1.165, 1.54) is 105 Å². The average molecular weight is 1700 g/mol. The number of hydroxylamine groups is 6. The highest BCUT2D eigenvalue weighted by atomic mass is 35.5. The van der Waals surface area contributed by atoms with E-state index >= 15 is 0 Å². The number of aromatic hydroxyl groups is 4. The zero-order valence-corrected chi connectivity index (χ0v) is 66.2. The highest BCUT2D eigenvalue weighted by molar-refractivity contribution is 7.19. The third-order valence-electron chi connectivity index (χ3n) is 17.8. The predicted molar refractivity (Wildman–Crippen MR) is 449 cm³/mol. The predicted octanol–water partition coefficient (Wildman–Crippen LogP) is 17.2. The van der Waals surface area contributed by atoms with E-state index in [4.69, 9.17) is 44.7 Å². The Morgan fingerprint density at radius 3 is 1.14 bits per heavy atom. The normalized spacial score (nSPS) is 11.6. The van der Waals surface area contributed by atoms with Crippen molar-refractivity contribution in [2.24, 2.45) is 5.73 Å². The van der Waals surface area contributed by atoms with Gasteiger partial charge in [0, 0.05) is 46.9 Å². The summed E-state index contributed by atoms with van der Waals surface area (Å²) in [5.74, 6) is -4.02. The Labute approximate surface area is 693 Å². The van der Waals surface area contributed by atoms with Crippen LogP contribution < -0.4 is 42.8 Å². The number of carbonyl (C=O) groups is 7. The number of fused-ring (bicyclic) bond motifs is 7. The van der Waals surface area contributed by atoms with Gasteiger partial charge in [0.25, 0.3) is 23.0 Å². The Morgan fingerprint density at radius 2 is 0.758 bits per heavy atom. The number of rotatable bonds is 17. The fourth-order valence-corrected chi connectivity index (χ4v) is 15.3. The van der Waals surface area contributed by atoms with Gasteiger partial charge in [0.1, 0.15) is 80.1 Å². The third-order valence-corrected chi connectivity index (χ3v) is 21.9. The van der Waals surface area contributed by atoms with Crippen molar-refractivity contribution in [3.63, 3.8) is 0 Å². The van der Waals surface area contributed by atoms with Crippen molar-refractivity contribution in [2.45, 2.75) is 52.1 Å². The molecule has 0 spiro atoms. The van der Waals surface area contributed by atoms with Gasteiger partial charge in [-0.05, 0) is 145 Å². The quantitative estimate of drug-likeness (QED) is 0.0182. The summed E-state index contributed by atoms with van der Waals surface area (Å²) in [4.78, 5) is 145. The van der Waals surface area contributed by atoms with Gasteiger partial charge in [-0.2, -0.15) is 15.2 Å². The summed E-state index contributed by atoms with van der Waals surface area (Å²) in [6.45, 7) is 5.90. The summed E-state index contributed by atoms with van der Waals surface area (Å²) < 4.78 is 28.6. The summed E-state index contributed by atoms with van der Waals surface area (Å²) in [7, 11) is 0. The van der Waals surface area contributed by atoms with Gasteiger partial charge in [-0.15, -0.1) is 34.0 Å². The molecule has 33 heteroatoms. The molecule has 0 radical (unpaired) electrons. The molecule has 3 unspecified atom stereocenters. The molecular weight excluding hydrogens is 1630 g/mol. The third kappa shape index (κ3) is 20.2. The van der Waals surface area contributed by atoms with Crippen LogP contribution >= 0.6 is 45.6 Å². The molecule has 608 valence electrons.